The van der Waals surface area contributed by atoms with Gasteiger partial charge in [0.2, 0.25) is 5.91 Å². The van der Waals surface area contributed by atoms with E-state index in [4.69, 9.17) is 9.47 Å². The fraction of sp³-hybridized carbons (Fsp3) is 0.400. The van der Waals surface area contributed by atoms with Crippen molar-refractivity contribution >= 4 is 49.2 Å². The SMILES string of the molecule is COC(=O)c1csc(S(=O)(=O)N(Cc2ccc(Br)cc2)[C@@H]2CCCCNC2=O)c1OC. The molecule has 2 heterocycles. The normalized spacial score (nSPS) is 17.2. The van der Waals surface area contributed by atoms with Gasteiger partial charge in [0.15, 0.2) is 9.96 Å². The third-order valence-electron chi connectivity index (χ3n) is 4.97. The number of hydrogen-bond donors (Lipinski definition) is 1. The van der Waals surface area contributed by atoms with Crippen molar-refractivity contribution in [2.75, 3.05) is 20.8 Å². The molecule has 1 amide bonds. The van der Waals surface area contributed by atoms with Crippen LogP contribution in [0.15, 0.2) is 38.3 Å². The lowest BCUT2D eigenvalue weighted by Gasteiger charge is -2.29. The van der Waals surface area contributed by atoms with Crippen molar-refractivity contribution in [2.45, 2.75) is 36.1 Å². The van der Waals surface area contributed by atoms with Crippen LogP contribution in [-0.4, -0.2) is 51.4 Å². The van der Waals surface area contributed by atoms with Crippen LogP contribution in [0.1, 0.15) is 35.2 Å². The van der Waals surface area contributed by atoms with Gasteiger partial charge in [-0.1, -0.05) is 28.1 Å². The summed E-state index contributed by atoms with van der Waals surface area (Å²) in [4.78, 5) is 24.8. The minimum absolute atomic E-state index is 0.00229. The molecule has 168 valence electrons. The zero-order valence-corrected chi connectivity index (χ0v) is 20.3. The van der Waals surface area contributed by atoms with Gasteiger partial charge < -0.3 is 14.8 Å². The number of sulfonamides is 1. The maximum absolute atomic E-state index is 13.8. The minimum atomic E-state index is -4.18. The highest BCUT2D eigenvalue weighted by Crippen LogP contribution is 2.38. The smallest absolute Gasteiger partial charge is 0.342 e. The average Bonchev–Trinajstić information content (AvgIpc) is 3.09. The number of carbonyl (C=O) groups excluding carboxylic acids is 2. The number of nitrogens with one attached hydrogen (secondary N) is 1. The Morgan fingerprint density at radius 3 is 2.61 bits per heavy atom. The van der Waals surface area contributed by atoms with Crippen molar-refractivity contribution in [1.82, 2.24) is 9.62 Å². The third-order valence-corrected chi connectivity index (χ3v) is 8.83. The molecule has 0 aliphatic carbocycles. The Bertz CT molecular complexity index is 1050. The van der Waals surface area contributed by atoms with Crippen molar-refractivity contribution in [1.29, 1.82) is 0 Å². The molecule has 11 heteroatoms. The predicted octanol–water partition coefficient (Wildman–Crippen LogP) is 3.17. The Morgan fingerprint density at radius 2 is 1.97 bits per heavy atom. The summed E-state index contributed by atoms with van der Waals surface area (Å²) in [6, 6.07) is 6.35. The van der Waals surface area contributed by atoms with Gasteiger partial charge in [-0.3, -0.25) is 4.79 Å². The molecule has 1 aromatic carbocycles. The highest BCUT2D eigenvalue weighted by Gasteiger charge is 2.40. The quantitative estimate of drug-likeness (QED) is 0.551. The Labute approximate surface area is 193 Å². The second-order valence-electron chi connectivity index (χ2n) is 6.94. The van der Waals surface area contributed by atoms with E-state index in [-0.39, 0.29) is 28.0 Å². The molecule has 8 nitrogen and oxygen atoms in total. The second kappa shape index (κ2) is 10.1. The molecule has 1 aliphatic heterocycles. The molecule has 31 heavy (non-hydrogen) atoms. The van der Waals surface area contributed by atoms with Crippen molar-refractivity contribution in [3.63, 3.8) is 0 Å². The van der Waals surface area contributed by atoms with Crippen LogP contribution in [0.4, 0.5) is 0 Å². The Morgan fingerprint density at radius 1 is 1.26 bits per heavy atom. The van der Waals surface area contributed by atoms with E-state index in [2.05, 4.69) is 21.2 Å². The van der Waals surface area contributed by atoms with Gasteiger partial charge in [0.05, 0.1) is 14.2 Å². The summed E-state index contributed by atoms with van der Waals surface area (Å²) >= 11 is 4.24. The van der Waals surface area contributed by atoms with Crippen LogP contribution in [0.5, 0.6) is 5.75 Å². The molecule has 0 radical (unpaired) electrons. The number of esters is 1. The molecule has 1 saturated heterocycles. The van der Waals surface area contributed by atoms with Gasteiger partial charge in [0.1, 0.15) is 11.6 Å². The maximum atomic E-state index is 13.8. The van der Waals surface area contributed by atoms with Crippen molar-refractivity contribution in [2.24, 2.45) is 0 Å². The summed E-state index contributed by atoms with van der Waals surface area (Å²) in [6.45, 7) is 0.513. The number of methoxy groups -OCH3 is 2. The molecule has 1 atom stereocenters. The largest absolute Gasteiger partial charge is 0.494 e. The molecular formula is C20H23BrN2O6S2. The second-order valence-corrected chi connectivity index (χ2v) is 10.8. The number of ether oxygens (including phenoxy) is 2. The van der Waals surface area contributed by atoms with Crippen LogP contribution < -0.4 is 10.1 Å². The first-order chi connectivity index (χ1) is 14.8. The topological polar surface area (TPSA) is 102 Å². The summed E-state index contributed by atoms with van der Waals surface area (Å²) in [7, 11) is -1.67. The molecule has 0 bridgehead atoms. The van der Waals surface area contributed by atoms with E-state index in [1.54, 1.807) is 12.1 Å². The molecular weight excluding hydrogens is 508 g/mol. The first-order valence-corrected chi connectivity index (χ1v) is 12.7. The Balaban J connectivity index is 2.09. The number of rotatable bonds is 7. The van der Waals surface area contributed by atoms with Crippen LogP contribution in [0, 0.1) is 0 Å². The lowest BCUT2D eigenvalue weighted by molar-refractivity contribution is -0.124. The van der Waals surface area contributed by atoms with E-state index in [0.717, 1.165) is 27.8 Å². The zero-order valence-electron chi connectivity index (χ0n) is 17.1. The highest BCUT2D eigenvalue weighted by atomic mass is 79.9. The van der Waals surface area contributed by atoms with Gasteiger partial charge in [-0.05, 0) is 37.0 Å². The minimum Gasteiger partial charge on any atom is -0.494 e. The fourth-order valence-corrected chi connectivity index (χ4v) is 6.79. The lowest BCUT2D eigenvalue weighted by Crippen LogP contribution is -2.48. The van der Waals surface area contributed by atoms with E-state index in [0.29, 0.717) is 19.4 Å². The molecule has 1 aliphatic rings. The number of amides is 1. The molecule has 1 fully saturated rings. The van der Waals surface area contributed by atoms with E-state index < -0.39 is 22.0 Å². The van der Waals surface area contributed by atoms with Crippen LogP contribution >= 0.6 is 27.3 Å². The summed E-state index contributed by atoms with van der Waals surface area (Å²) < 4.78 is 39.5. The third kappa shape index (κ3) is 5.11. The van der Waals surface area contributed by atoms with Crippen molar-refractivity contribution in [3.8, 4) is 5.75 Å². The van der Waals surface area contributed by atoms with E-state index in [1.807, 2.05) is 12.1 Å². The summed E-state index contributed by atoms with van der Waals surface area (Å²) in [6.07, 6.45) is 1.90. The Kier molecular flexibility index (Phi) is 7.73. The van der Waals surface area contributed by atoms with Gasteiger partial charge in [-0.25, -0.2) is 13.2 Å². The maximum Gasteiger partial charge on any atom is 0.342 e. The van der Waals surface area contributed by atoms with Crippen molar-refractivity contribution < 1.29 is 27.5 Å². The fourth-order valence-electron chi connectivity index (χ4n) is 3.39. The molecule has 1 N–H and O–H groups in total. The van der Waals surface area contributed by atoms with E-state index in [1.165, 1.54) is 23.9 Å². The molecule has 3 rings (SSSR count). The standard InChI is InChI=1S/C20H23BrN2O6S2/c1-28-17-15(19(25)29-2)12-30-20(17)31(26,27)23(11-13-6-8-14(21)9-7-13)16-5-3-4-10-22-18(16)24/h6-9,12,16H,3-5,10-11H2,1-2H3,(H,22,24)/t16-/m1/s1. The first-order valence-electron chi connectivity index (χ1n) is 9.57. The molecule has 2 aromatic rings. The summed E-state index contributed by atoms with van der Waals surface area (Å²) in [5, 5.41) is 4.19. The first kappa shape index (κ1) is 23.7. The summed E-state index contributed by atoms with van der Waals surface area (Å²) in [5.74, 6) is -1.10. The summed E-state index contributed by atoms with van der Waals surface area (Å²) in [5.41, 5.74) is 0.759. The van der Waals surface area contributed by atoms with Gasteiger partial charge in [0, 0.05) is 22.9 Å². The number of halogens is 1. The molecule has 0 spiro atoms. The van der Waals surface area contributed by atoms with Crippen LogP contribution in [0.3, 0.4) is 0 Å². The van der Waals surface area contributed by atoms with E-state index >= 15 is 0 Å². The monoisotopic (exact) mass is 530 g/mol. The van der Waals surface area contributed by atoms with Gasteiger partial charge in [-0.2, -0.15) is 4.31 Å². The molecule has 1 aromatic heterocycles. The predicted molar refractivity (Wildman–Crippen MR) is 120 cm³/mol. The van der Waals surface area contributed by atoms with Gasteiger partial charge in [0.25, 0.3) is 10.0 Å². The number of hydrogen-bond acceptors (Lipinski definition) is 7. The lowest BCUT2D eigenvalue weighted by atomic mass is 10.1. The highest BCUT2D eigenvalue weighted by molar-refractivity contribution is 9.10. The average molecular weight is 531 g/mol. The number of carbonyl (C=O) groups is 2. The Hall–Kier alpha value is -1.95. The van der Waals surface area contributed by atoms with Gasteiger partial charge >= 0.3 is 5.97 Å². The van der Waals surface area contributed by atoms with Gasteiger partial charge in [-0.15, -0.1) is 11.3 Å². The number of nitrogens with zero attached hydrogens (tertiary/aromatic N) is 1. The number of thiophene rings is 1. The number of benzene rings is 1. The van der Waals surface area contributed by atoms with Crippen LogP contribution in [0.25, 0.3) is 0 Å². The van der Waals surface area contributed by atoms with Crippen LogP contribution in [-0.2, 0) is 26.1 Å². The van der Waals surface area contributed by atoms with Crippen molar-refractivity contribution in [3.05, 3.63) is 45.2 Å². The molecule has 0 unspecified atom stereocenters. The van der Waals surface area contributed by atoms with Crippen LogP contribution in [0.2, 0.25) is 0 Å². The molecule has 0 saturated carbocycles. The van der Waals surface area contributed by atoms with E-state index in [9.17, 15) is 18.0 Å². The zero-order chi connectivity index (χ0) is 22.6.